The largest absolute Gasteiger partial charge is 0.321 e. The first-order valence-corrected chi connectivity index (χ1v) is 7.81. The number of hydrogen-bond donors (Lipinski definition) is 0. The van der Waals surface area contributed by atoms with E-state index in [4.69, 9.17) is 0 Å². The molecule has 114 valence electrons. The predicted molar refractivity (Wildman–Crippen MR) is 89.6 cm³/mol. The summed E-state index contributed by atoms with van der Waals surface area (Å²) in [6.45, 7) is 8.80. The van der Waals surface area contributed by atoms with E-state index in [0.717, 1.165) is 5.56 Å². The van der Waals surface area contributed by atoms with Gasteiger partial charge in [0.05, 0.1) is 11.6 Å². The van der Waals surface area contributed by atoms with Crippen molar-refractivity contribution in [3.05, 3.63) is 71.8 Å². The van der Waals surface area contributed by atoms with Crippen LogP contribution in [0, 0.1) is 5.41 Å². The number of carbonyl (C=O) groups excluding carboxylic acids is 1. The zero-order valence-corrected chi connectivity index (χ0v) is 13.7. The Morgan fingerprint density at radius 1 is 0.955 bits per heavy atom. The van der Waals surface area contributed by atoms with Crippen LogP contribution in [0.5, 0.6) is 0 Å². The number of amides is 1. The Morgan fingerprint density at radius 3 is 1.95 bits per heavy atom. The van der Waals surface area contributed by atoms with Crippen molar-refractivity contribution in [1.82, 2.24) is 4.90 Å². The van der Waals surface area contributed by atoms with Gasteiger partial charge in [0.15, 0.2) is 0 Å². The molecule has 2 unspecified atom stereocenters. The standard InChI is InChI=1S/C20H23NO/c1-19(2,3)18-20(4,16-13-9-6-10-14-16)21(18)17(22)15-11-7-5-8-12-15/h5-14,18H,1-4H3. The second-order valence-corrected chi connectivity index (χ2v) is 7.32. The smallest absolute Gasteiger partial charge is 0.255 e. The lowest BCUT2D eigenvalue weighted by Gasteiger charge is -2.19. The fraction of sp³-hybridized carbons (Fsp3) is 0.350. The lowest BCUT2D eigenvalue weighted by Crippen LogP contribution is -2.22. The van der Waals surface area contributed by atoms with E-state index in [1.54, 1.807) is 0 Å². The molecule has 22 heavy (non-hydrogen) atoms. The second kappa shape index (κ2) is 4.98. The molecule has 1 fully saturated rings. The summed E-state index contributed by atoms with van der Waals surface area (Å²) in [6, 6.07) is 20.1. The van der Waals surface area contributed by atoms with Crippen molar-refractivity contribution in [3.63, 3.8) is 0 Å². The van der Waals surface area contributed by atoms with Gasteiger partial charge in [-0.15, -0.1) is 0 Å². The Labute approximate surface area is 132 Å². The monoisotopic (exact) mass is 293 g/mol. The predicted octanol–water partition coefficient (Wildman–Crippen LogP) is 4.47. The van der Waals surface area contributed by atoms with Crippen molar-refractivity contribution in [1.29, 1.82) is 0 Å². The van der Waals surface area contributed by atoms with Crippen LogP contribution < -0.4 is 0 Å². The van der Waals surface area contributed by atoms with E-state index >= 15 is 0 Å². The normalized spacial score (nSPS) is 24.2. The summed E-state index contributed by atoms with van der Waals surface area (Å²) >= 11 is 0. The average Bonchev–Trinajstić information content (AvgIpc) is 3.16. The fourth-order valence-electron chi connectivity index (χ4n) is 3.74. The first kappa shape index (κ1) is 14.8. The van der Waals surface area contributed by atoms with Gasteiger partial charge in [-0.25, -0.2) is 0 Å². The maximum Gasteiger partial charge on any atom is 0.255 e. The molecule has 0 N–H and O–H groups in total. The summed E-state index contributed by atoms with van der Waals surface area (Å²) < 4.78 is 0. The highest BCUT2D eigenvalue weighted by Gasteiger charge is 2.66. The average molecular weight is 293 g/mol. The third kappa shape index (κ3) is 2.23. The lowest BCUT2D eigenvalue weighted by molar-refractivity contribution is 0.0835. The van der Waals surface area contributed by atoms with E-state index < -0.39 is 0 Å². The van der Waals surface area contributed by atoms with Gasteiger partial charge in [0, 0.05) is 5.56 Å². The van der Waals surface area contributed by atoms with E-state index in [1.807, 2.05) is 53.4 Å². The third-order valence-electron chi connectivity index (χ3n) is 4.64. The van der Waals surface area contributed by atoms with E-state index in [-0.39, 0.29) is 22.9 Å². The van der Waals surface area contributed by atoms with Crippen molar-refractivity contribution in [3.8, 4) is 0 Å². The van der Waals surface area contributed by atoms with E-state index in [2.05, 4.69) is 39.8 Å². The highest BCUT2D eigenvalue weighted by atomic mass is 16.2. The summed E-state index contributed by atoms with van der Waals surface area (Å²) in [7, 11) is 0. The summed E-state index contributed by atoms with van der Waals surface area (Å²) in [5.74, 6) is 0.117. The van der Waals surface area contributed by atoms with Gasteiger partial charge in [0.2, 0.25) is 0 Å². The Morgan fingerprint density at radius 2 is 1.45 bits per heavy atom. The van der Waals surface area contributed by atoms with Gasteiger partial charge in [0.1, 0.15) is 0 Å². The third-order valence-corrected chi connectivity index (χ3v) is 4.64. The number of hydrogen-bond acceptors (Lipinski definition) is 1. The SMILES string of the molecule is CC(C)(C)C1N(C(=O)c2ccccc2)C1(C)c1ccccc1. The van der Waals surface area contributed by atoms with Crippen molar-refractivity contribution in [2.45, 2.75) is 39.3 Å². The molecule has 2 nitrogen and oxygen atoms in total. The van der Waals surface area contributed by atoms with Crippen LogP contribution in [0.1, 0.15) is 43.6 Å². The number of nitrogens with zero attached hydrogens (tertiary/aromatic N) is 1. The minimum Gasteiger partial charge on any atom is -0.321 e. The van der Waals surface area contributed by atoms with Crippen molar-refractivity contribution in [2.24, 2.45) is 5.41 Å². The Bertz CT molecular complexity index is 672. The van der Waals surface area contributed by atoms with E-state index in [1.165, 1.54) is 5.56 Å². The minimum absolute atomic E-state index is 0.0367. The molecule has 0 aliphatic carbocycles. The molecule has 2 heteroatoms. The Hall–Kier alpha value is -2.09. The van der Waals surface area contributed by atoms with Crippen LogP contribution in [-0.2, 0) is 5.54 Å². The van der Waals surface area contributed by atoms with Crippen molar-refractivity contribution in [2.75, 3.05) is 0 Å². The molecule has 0 radical (unpaired) electrons. The first-order valence-electron chi connectivity index (χ1n) is 7.81. The maximum absolute atomic E-state index is 13.0. The van der Waals surface area contributed by atoms with Crippen LogP contribution in [0.25, 0.3) is 0 Å². The maximum atomic E-state index is 13.0. The number of carbonyl (C=O) groups is 1. The van der Waals surface area contributed by atoms with Crippen LogP contribution >= 0.6 is 0 Å². The molecule has 1 heterocycles. The van der Waals surface area contributed by atoms with Gasteiger partial charge in [-0.05, 0) is 30.0 Å². The van der Waals surface area contributed by atoms with Gasteiger partial charge in [-0.1, -0.05) is 69.3 Å². The summed E-state index contributed by atoms with van der Waals surface area (Å²) in [6.07, 6.45) is 0. The summed E-state index contributed by atoms with van der Waals surface area (Å²) in [4.78, 5) is 15.0. The molecular formula is C20H23NO. The Kier molecular flexibility index (Phi) is 3.36. The molecule has 0 bridgehead atoms. The second-order valence-electron chi connectivity index (χ2n) is 7.32. The zero-order chi connectivity index (χ0) is 16.0. The van der Waals surface area contributed by atoms with Crippen LogP contribution in [0.4, 0.5) is 0 Å². The molecule has 2 aromatic carbocycles. The zero-order valence-electron chi connectivity index (χ0n) is 13.7. The first-order chi connectivity index (χ1) is 10.4. The topological polar surface area (TPSA) is 20.1 Å². The molecule has 0 spiro atoms. The van der Waals surface area contributed by atoms with Gasteiger partial charge in [0.25, 0.3) is 5.91 Å². The molecule has 2 atom stereocenters. The number of rotatable bonds is 2. The van der Waals surface area contributed by atoms with Crippen LogP contribution in [0.2, 0.25) is 0 Å². The van der Waals surface area contributed by atoms with Gasteiger partial charge < -0.3 is 4.90 Å². The quantitative estimate of drug-likeness (QED) is 0.748. The molecular weight excluding hydrogens is 270 g/mol. The lowest BCUT2D eigenvalue weighted by atomic mass is 9.82. The fourth-order valence-corrected chi connectivity index (χ4v) is 3.74. The molecule has 0 aromatic heterocycles. The molecule has 1 saturated heterocycles. The van der Waals surface area contributed by atoms with Crippen LogP contribution in [0.3, 0.4) is 0 Å². The van der Waals surface area contributed by atoms with E-state index in [0.29, 0.717) is 0 Å². The molecule has 0 saturated carbocycles. The highest BCUT2D eigenvalue weighted by Crippen LogP contribution is 2.57. The molecule has 2 aromatic rings. The van der Waals surface area contributed by atoms with Gasteiger partial charge in [-0.2, -0.15) is 0 Å². The highest BCUT2D eigenvalue weighted by molar-refractivity contribution is 5.97. The van der Waals surface area contributed by atoms with Crippen LogP contribution in [0.15, 0.2) is 60.7 Å². The van der Waals surface area contributed by atoms with Gasteiger partial charge in [-0.3, -0.25) is 4.79 Å². The Balaban J connectivity index is 2.01. The van der Waals surface area contributed by atoms with Crippen molar-refractivity contribution < 1.29 is 4.79 Å². The number of benzene rings is 2. The van der Waals surface area contributed by atoms with Gasteiger partial charge >= 0.3 is 0 Å². The summed E-state index contributed by atoms with van der Waals surface area (Å²) in [5, 5.41) is 0. The molecule has 1 aliphatic rings. The molecule has 1 aliphatic heterocycles. The molecule has 3 rings (SSSR count). The van der Waals surface area contributed by atoms with Crippen molar-refractivity contribution >= 4 is 5.91 Å². The van der Waals surface area contributed by atoms with E-state index in [9.17, 15) is 4.79 Å². The minimum atomic E-state index is -0.230. The molecule has 1 amide bonds. The van der Waals surface area contributed by atoms with Crippen LogP contribution in [-0.4, -0.2) is 16.8 Å². The summed E-state index contributed by atoms with van der Waals surface area (Å²) in [5.41, 5.74) is 1.78.